The topological polar surface area (TPSA) is 98.2 Å². The van der Waals surface area contributed by atoms with Crippen LogP contribution < -0.4 is 0 Å². The van der Waals surface area contributed by atoms with Gasteiger partial charge in [-0.05, 0) is 11.6 Å². The highest BCUT2D eigenvalue weighted by Gasteiger charge is 2.18. The molecule has 1 aliphatic heterocycles. The van der Waals surface area contributed by atoms with Crippen LogP contribution in [-0.4, -0.2) is 68.1 Å². The largest absolute Gasteiger partial charge is 0.394 e. The molecule has 0 radical (unpaired) electrons. The molecule has 2 heterocycles. The van der Waals surface area contributed by atoms with Gasteiger partial charge in [-0.1, -0.05) is 6.08 Å². The molecule has 0 aliphatic carbocycles. The van der Waals surface area contributed by atoms with E-state index in [1.807, 2.05) is 0 Å². The number of β-amino-alcohol motifs (C(OH)–C–C–N with tert-alkyl or cyclic N) is 1. The van der Waals surface area contributed by atoms with Crippen molar-refractivity contribution in [3.63, 3.8) is 0 Å². The Balaban J connectivity index is 1.96. The van der Waals surface area contributed by atoms with Crippen LogP contribution in [0.5, 0.6) is 0 Å². The monoisotopic (exact) mass is 225 g/mol. The van der Waals surface area contributed by atoms with Crippen LogP contribution in [0.2, 0.25) is 0 Å². The number of tetrazole rings is 1. The maximum atomic E-state index is 9.37. The van der Waals surface area contributed by atoms with E-state index < -0.39 is 6.10 Å². The Labute approximate surface area is 92.8 Å². The molecule has 0 saturated heterocycles. The Morgan fingerprint density at radius 1 is 1.56 bits per heavy atom. The average molecular weight is 225 g/mol. The van der Waals surface area contributed by atoms with Crippen LogP contribution in [0.25, 0.3) is 5.57 Å². The van der Waals surface area contributed by atoms with Crippen LogP contribution in [0.15, 0.2) is 6.08 Å². The van der Waals surface area contributed by atoms with Gasteiger partial charge < -0.3 is 10.2 Å². The van der Waals surface area contributed by atoms with Gasteiger partial charge in [0.15, 0.2) is 0 Å². The van der Waals surface area contributed by atoms with Gasteiger partial charge in [0.2, 0.25) is 5.82 Å². The second kappa shape index (κ2) is 5.15. The minimum absolute atomic E-state index is 0.211. The number of H-pyrrole nitrogens is 1. The Morgan fingerprint density at radius 2 is 2.44 bits per heavy atom. The van der Waals surface area contributed by atoms with Crippen LogP contribution in [0.1, 0.15) is 12.2 Å². The Bertz CT molecular complexity index is 351. The lowest BCUT2D eigenvalue weighted by Crippen LogP contribution is -2.37. The predicted molar refractivity (Wildman–Crippen MR) is 56.3 cm³/mol. The fourth-order valence-electron chi connectivity index (χ4n) is 1.78. The summed E-state index contributed by atoms with van der Waals surface area (Å²) >= 11 is 0. The fourth-order valence-corrected chi connectivity index (χ4v) is 1.78. The summed E-state index contributed by atoms with van der Waals surface area (Å²) in [7, 11) is 0. The van der Waals surface area contributed by atoms with Gasteiger partial charge in [0.25, 0.3) is 0 Å². The first-order valence-corrected chi connectivity index (χ1v) is 5.23. The molecule has 0 amide bonds. The number of aromatic amines is 1. The lowest BCUT2D eigenvalue weighted by atomic mass is 10.1. The summed E-state index contributed by atoms with van der Waals surface area (Å²) in [6, 6.07) is 0. The maximum Gasteiger partial charge on any atom is 0.201 e. The molecule has 1 aliphatic rings. The van der Waals surface area contributed by atoms with Crippen molar-refractivity contribution >= 4 is 5.57 Å². The summed E-state index contributed by atoms with van der Waals surface area (Å²) in [5.41, 5.74) is 1.00. The van der Waals surface area contributed by atoms with Crippen LogP contribution in [0.3, 0.4) is 0 Å². The highest BCUT2D eigenvalue weighted by atomic mass is 16.3. The molecule has 1 aromatic rings. The predicted octanol–water partition coefficient (Wildman–Crippen LogP) is -1.36. The molecule has 0 aromatic carbocycles. The van der Waals surface area contributed by atoms with E-state index in [2.05, 4.69) is 31.6 Å². The molecule has 16 heavy (non-hydrogen) atoms. The second-order valence-corrected chi connectivity index (χ2v) is 3.82. The smallest absolute Gasteiger partial charge is 0.201 e. The van der Waals surface area contributed by atoms with Crippen molar-refractivity contribution in [2.45, 2.75) is 12.5 Å². The van der Waals surface area contributed by atoms with E-state index in [1.165, 1.54) is 0 Å². The van der Waals surface area contributed by atoms with Gasteiger partial charge in [-0.3, -0.25) is 4.90 Å². The zero-order valence-electron chi connectivity index (χ0n) is 8.87. The van der Waals surface area contributed by atoms with E-state index in [-0.39, 0.29) is 6.61 Å². The van der Waals surface area contributed by atoms with Crippen molar-refractivity contribution in [3.05, 3.63) is 11.9 Å². The molecule has 1 unspecified atom stereocenters. The van der Waals surface area contributed by atoms with Crippen molar-refractivity contribution in [3.8, 4) is 0 Å². The van der Waals surface area contributed by atoms with Gasteiger partial charge in [0.1, 0.15) is 0 Å². The molecule has 0 spiro atoms. The molecule has 2 rings (SSSR count). The number of nitrogens with one attached hydrogen (secondary N) is 1. The van der Waals surface area contributed by atoms with Gasteiger partial charge in [-0.25, -0.2) is 0 Å². The number of aliphatic hydroxyl groups excluding tert-OH is 2. The van der Waals surface area contributed by atoms with Crippen LogP contribution in [0.4, 0.5) is 0 Å². The number of hydrogen-bond acceptors (Lipinski definition) is 6. The van der Waals surface area contributed by atoms with E-state index in [1.54, 1.807) is 0 Å². The van der Waals surface area contributed by atoms with Gasteiger partial charge in [-0.2, -0.15) is 5.21 Å². The minimum atomic E-state index is -0.690. The van der Waals surface area contributed by atoms with E-state index in [9.17, 15) is 5.11 Å². The van der Waals surface area contributed by atoms with E-state index in [0.29, 0.717) is 18.9 Å². The first-order chi connectivity index (χ1) is 7.79. The number of hydrogen-bond donors (Lipinski definition) is 3. The molecule has 1 aromatic heterocycles. The minimum Gasteiger partial charge on any atom is -0.394 e. The maximum absolute atomic E-state index is 9.37. The summed E-state index contributed by atoms with van der Waals surface area (Å²) in [5, 5.41) is 31.9. The SMILES string of the molecule is OCC(O)CN1CCC=C(c2nn[nH]n2)C1. The summed E-state index contributed by atoms with van der Waals surface area (Å²) < 4.78 is 0. The molecular weight excluding hydrogens is 210 g/mol. The first kappa shape index (κ1) is 11.2. The Morgan fingerprint density at radius 3 is 3.12 bits per heavy atom. The highest BCUT2D eigenvalue weighted by Crippen LogP contribution is 2.16. The molecule has 0 fully saturated rings. The van der Waals surface area contributed by atoms with Crippen LogP contribution in [0, 0.1) is 0 Å². The standard InChI is InChI=1S/C9H15N5O2/c15-6-8(16)5-14-3-1-2-7(4-14)9-10-12-13-11-9/h2,8,15-16H,1,3-6H2,(H,10,11,12,13). The first-order valence-electron chi connectivity index (χ1n) is 5.23. The van der Waals surface area contributed by atoms with Crippen LogP contribution >= 0.6 is 0 Å². The quantitative estimate of drug-likeness (QED) is 0.585. The zero-order valence-corrected chi connectivity index (χ0v) is 8.87. The number of nitrogens with zero attached hydrogens (tertiary/aromatic N) is 4. The van der Waals surface area contributed by atoms with Gasteiger partial charge in [0, 0.05) is 25.2 Å². The summed E-state index contributed by atoms with van der Waals surface area (Å²) in [5.74, 6) is 0.600. The normalized spacial score (nSPS) is 19.5. The number of aromatic nitrogens is 4. The molecule has 7 nitrogen and oxygen atoms in total. The molecule has 88 valence electrons. The average Bonchev–Trinajstić information content (AvgIpc) is 2.83. The van der Waals surface area contributed by atoms with E-state index in [4.69, 9.17) is 5.11 Å². The van der Waals surface area contributed by atoms with Crippen molar-refractivity contribution in [2.24, 2.45) is 0 Å². The molecule has 0 bridgehead atoms. The summed E-state index contributed by atoms with van der Waals surface area (Å²) in [6.07, 6.45) is 2.28. The zero-order chi connectivity index (χ0) is 11.4. The lowest BCUT2D eigenvalue weighted by molar-refractivity contribution is 0.0627. The molecule has 7 heteroatoms. The third-order valence-electron chi connectivity index (χ3n) is 2.54. The van der Waals surface area contributed by atoms with E-state index in [0.717, 1.165) is 18.5 Å². The summed E-state index contributed by atoms with van der Waals surface area (Å²) in [6.45, 7) is 1.80. The fraction of sp³-hybridized carbons (Fsp3) is 0.667. The molecule has 1 atom stereocenters. The third-order valence-corrected chi connectivity index (χ3v) is 2.54. The van der Waals surface area contributed by atoms with Crippen molar-refractivity contribution in [1.82, 2.24) is 25.5 Å². The third kappa shape index (κ3) is 2.63. The van der Waals surface area contributed by atoms with E-state index >= 15 is 0 Å². The molecular formula is C9H15N5O2. The number of rotatable bonds is 4. The van der Waals surface area contributed by atoms with Gasteiger partial charge >= 0.3 is 0 Å². The van der Waals surface area contributed by atoms with Crippen molar-refractivity contribution in [1.29, 1.82) is 0 Å². The van der Waals surface area contributed by atoms with Crippen LogP contribution in [-0.2, 0) is 0 Å². The summed E-state index contributed by atoms with van der Waals surface area (Å²) in [4.78, 5) is 2.06. The molecule has 0 saturated carbocycles. The highest BCUT2D eigenvalue weighted by molar-refractivity contribution is 5.61. The van der Waals surface area contributed by atoms with Crippen molar-refractivity contribution < 1.29 is 10.2 Å². The van der Waals surface area contributed by atoms with Gasteiger partial charge in [-0.15, -0.1) is 10.2 Å². The number of aliphatic hydroxyl groups is 2. The van der Waals surface area contributed by atoms with Crippen molar-refractivity contribution in [2.75, 3.05) is 26.2 Å². The molecule has 3 N–H and O–H groups in total. The van der Waals surface area contributed by atoms with Gasteiger partial charge in [0.05, 0.1) is 12.7 Å². The lowest BCUT2D eigenvalue weighted by Gasteiger charge is -2.27. The Kier molecular flexibility index (Phi) is 3.60. The Hall–Kier alpha value is -1.31. The second-order valence-electron chi connectivity index (χ2n) is 3.82.